The van der Waals surface area contributed by atoms with E-state index >= 15 is 0 Å². The van der Waals surface area contributed by atoms with Gasteiger partial charge < -0.3 is 19.9 Å². The van der Waals surface area contributed by atoms with Crippen molar-refractivity contribution in [2.45, 2.75) is 19.4 Å². The molecule has 9 nitrogen and oxygen atoms in total. The average Bonchev–Trinajstić information content (AvgIpc) is 2.71. The number of carboxylic acid groups (broad SMARTS) is 1. The van der Waals surface area contributed by atoms with Crippen LogP contribution in [-0.4, -0.2) is 66.3 Å². The molecule has 0 bridgehead atoms. The van der Waals surface area contributed by atoms with E-state index in [1.807, 2.05) is 0 Å². The van der Waals surface area contributed by atoms with Crippen LogP contribution in [0.5, 0.6) is 0 Å². The molecule has 0 aliphatic carbocycles. The van der Waals surface area contributed by atoms with Crippen molar-refractivity contribution in [1.29, 1.82) is 0 Å². The molecule has 0 radical (unpaired) electrons. The number of carboxylic acids is 1. The molecular weight excluding hydrogens is 272 g/mol. The quantitative estimate of drug-likeness (QED) is 0.574. The van der Waals surface area contributed by atoms with Crippen LogP contribution in [0.3, 0.4) is 0 Å². The minimum absolute atomic E-state index is 0.0634. The van der Waals surface area contributed by atoms with Crippen molar-refractivity contribution in [3.8, 4) is 0 Å². The number of amides is 2. The van der Waals surface area contributed by atoms with Gasteiger partial charge in [0.1, 0.15) is 19.2 Å². The molecule has 0 aromatic heterocycles. The van der Waals surface area contributed by atoms with Crippen LogP contribution in [0.2, 0.25) is 0 Å². The number of aliphatic carboxylic acids is 1. The van der Waals surface area contributed by atoms with Gasteiger partial charge in [-0.1, -0.05) is 0 Å². The van der Waals surface area contributed by atoms with Crippen LogP contribution in [0, 0.1) is 0 Å². The Morgan fingerprint density at radius 2 is 2.20 bits per heavy atom. The molecular formula is C11H16N2O7. The summed E-state index contributed by atoms with van der Waals surface area (Å²) in [5.74, 6) is -2.26. The van der Waals surface area contributed by atoms with Gasteiger partial charge in [-0.25, -0.2) is 4.79 Å². The van der Waals surface area contributed by atoms with E-state index in [9.17, 15) is 19.2 Å². The normalized spacial score (nSPS) is 17.6. The fourth-order valence-corrected chi connectivity index (χ4v) is 1.60. The monoisotopic (exact) mass is 288 g/mol. The number of carbonyl (C=O) groups excluding carboxylic acids is 3. The molecule has 1 saturated heterocycles. The van der Waals surface area contributed by atoms with Crippen molar-refractivity contribution in [2.75, 3.05) is 26.3 Å². The number of nitrogens with zero attached hydrogens (tertiary/aromatic N) is 1. The summed E-state index contributed by atoms with van der Waals surface area (Å²) < 4.78 is 9.40. The van der Waals surface area contributed by atoms with E-state index in [4.69, 9.17) is 14.6 Å². The second kappa shape index (κ2) is 7.31. The van der Waals surface area contributed by atoms with E-state index in [0.717, 1.165) is 4.90 Å². The average molecular weight is 288 g/mol. The zero-order valence-electron chi connectivity index (χ0n) is 11.0. The third kappa shape index (κ3) is 4.41. The highest BCUT2D eigenvalue weighted by molar-refractivity contribution is 5.90. The molecule has 0 unspecified atom stereocenters. The Balaban J connectivity index is 2.53. The van der Waals surface area contributed by atoms with Crippen LogP contribution in [0.1, 0.15) is 13.3 Å². The second-order valence-electron chi connectivity index (χ2n) is 3.96. The molecule has 112 valence electrons. The van der Waals surface area contributed by atoms with E-state index in [1.54, 1.807) is 6.92 Å². The van der Waals surface area contributed by atoms with Gasteiger partial charge in [0.2, 0.25) is 5.91 Å². The Bertz CT molecular complexity index is 410. The SMILES string of the molecule is CCOC(=O)CN1C(=O)OC[C@H]1C(=O)NCCC(=O)O. The zero-order chi connectivity index (χ0) is 15.1. The minimum Gasteiger partial charge on any atom is -0.481 e. The Labute approximate surface area is 114 Å². The van der Waals surface area contributed by atoms with Gasteiger partial charge in [0.25, 0.3) is 0 Å². The van der Waals surface area contributed by atoms with E-state index in [-0.39, 0.29) is 32.7 Å². The molecule has 2 N–H and O–H groups in total. The molecule has 1 aliphatic heterocycles. The molecule has 1 fully saturated rings. The summed E-state index contributed by atoms with van der Waals surface area (Å²) in [6, 6.07) is -0.958. The fourth-order valence-electron chi connectivity index (χ4n) is 1.60. The topological polar surface area (TPSA) is 122 Å². The van der Waals surface area contributed by atoms with Gasteiger partial charge in [-0.3, -0.25) is 19.3 Å². The Morgan fingerprint density at radius 3 is 2.80 bits per heavy atom. The first-order valence-corrected chi connectivity index (χ1v) is 6.04. The predicted molar refractivity (Wildman–Crippen MR) is 63.7 cm³/mol. The highest BCUT2D eigenvalue weighted by Crippen LogP contribution is 2.12. The van der Waals surface area contributed by atoms with Crippen molar-refractivity contribution in [1.82, 2.24) is 10.2 Å². The summed E-state index contributed by atoms with van der Waals surface area (Å²) in [4.78, 5) is 45.8. The number of carbonyl (C=O) groups is 4. The standard InChI is InChI=1S/C11H16N2O7/c1-2-19-9(16)5-13-7(6-20-11(13)18)10(17)12-4-3-8(14)15/h7H,2-6H2,1H3,(H,12,17)(H,14,15)/t7-/m0/s1. The number of cyclic esters (lactones) is 1. The maximum Gasteiger partial charge on any atom is 0.411 e. The van der Waals surface area contributed by atoms with Crippen molar-refractivity contribution in [3.63, 3.8) is 0 Å². The first-order chi connectivity index (χ1) is 9.45. The smallest absolute Gasteiger partial charge is 0.411 e. The molecule has 1 heterocycles. The zero-order valence-corrected chi connectivity index (χ0v) is 11.0. The number of nitrogens with one attached hydrogen (secondary N) is 1. The van der Waals surface area contributed by atoms with Crippen LogP contribution in [0.15, 0.2) is 0 Å². The number of hydrogen-bond acceptors (Lipinski definition) is 6. The number of esters is 1. The largest absolute Gasteiger partial charge is 0.481 e. The number of hydrogen-bond donors (Lipinski definition) is 2. The molecule has 9 heteroatoms. The van der Waals surface area contributed by atoms with Gasteiger partial charge in [-0.2, -0.15) is 0 Å². The highest BCUT2D eigenvalue weighted by atomic mass is 16.6. The van der Waals surface area contributed by atoms with E-state index in [1.165, 1.54) is 0 Å². The van der Waals surface area contributed by atoms with Crippen molar-refractivity contribution in [2.24, 2.45) is 0 Å². The minimum atomic E-state index is -1.05. The van der Waals surface area contributed by atoms with Crippen LogP contribution in [-0.2, 0) is 23.9 Å². The molecule has 0 aromatic carbocycles. The molecule has 0 saturated carbocycles. The molecule has 1 aliphatic rings. The summed E-state index contributed by atoms with van der Waals surface area (Å²) in [6.45, 7) is 1.15. The lowest BCUT2D eigenvalue weighted by atomic mass is 10.2. The molecule has 2 amide bonds. The summed E-state index contributed by atoms with van der Waals surface area (Å²) in [5, 5.41) is 10.8. The van der Waals surface area contributed by atoms with Crippen LogP contribution in [0.4, 0.5) is 4.79 Å². The first kappa shape index (κ1) is 15.7. The number of ether oxygens (including phenoxy) is 2. The Hall–Kier alpha value is -2.32. The Morgan fingerprint density at radius 1 is 1.50 bits per heavy atom. The maximum atomic E-state index is 11.8. The van der Waals surface area contributed by atoms with Crippen LogP contribution >= 0.6 is 0 Å². The van der Waals surface area contributed by atoms with E-state index < -0.39 is 30.0 Å². The van der Waals surface area contributed by atoms with Gasteiger partial charge in [-0.15, -0.1) is 0 Å². The Kier molecular flexibility index (Phi) is 5.75. The summed E-state index contributed by atoms with van der Waals surface area (Å²) >= 11 is 0. The van der Waals surface area contributed by atoms with Gasteiger partial charge in [0.15, 0.2) is 0 Å². The molecule has 0 aromatic rings. The third-order valence-corrected chi connectivity index (χ3v) is 2.52. The predicted octanol–water partition coefficient (Wildman–Crippen LogP) is -1.04. The molecule has 0 spiro atoms. The molecule has 1 rings (SSSR count). The summed E-state index contributed by atoms with van der Waals surface area (Å²) in [5.41, 5.74) is 0. The van der Waals surface area contributed by atoms with Crippen molar-refractivity contribution in [3.05, 3.63) is 0 Å². The third-order valence-electron chi connectivity index (χ3n) is 2.52. The van der Waals surface area contributed by atoms with Crippen LogP contribution < -0.4 is 5.32 Å². The number of rotatable bonds is 7. The van der Waals surface area contributed by atoms with Gasteiger partial charge in [-0.05, 0) is 6.92 Å². The van der Waals surface area contributed by atoms with Gasteiger partial charge in [0, 0.05) is 6.54 Å². The fraction of sp³-hybridized carbons (Fsp3) is 0.636. The highest BCUT2D eigenvalue weighted by Gasteiger charge is 2.39. The van der Waals surface area contributed by atoms with Crippen LogP contribution in [0.25, 0.3) is 0 Å². The van der Waals surface area contributed by atoms with E-state index in [2.05, 4.69) is 5.32 Å². The van der Waals surface area contributed by atoms with Gasteiger partial charge in [0.05, 0.1) is 13.0 Å². The summed E-state index contributed by atoms with van der Waals surface area (Å²) in [6.07, 6.45) is -1.01. The van der Waals surface area contributed by atoms with Crippen molar-refractivity contribution < 1.29 is 33.8 Å². The molecule has 20 heavy (non-hydrogen) atoms. The molecule has 1 atom stereocenters. The van der Waals surface area contributed by atoms with Gasteiger partial charge >= 0.3 is 18.0 Å². The summed E-state index contributed by atoms with van der Waals surface area (Å²) in [7, 11) is 0. The maximum absolute atomic E-state index is 11.8. The first-order valence-electron chi connectivity index (χ1n) is 6.04. The lowest BCUT2D eigenvalue weighted by molar-refractivity contribution is -0.144. The second-order valence-corrected chi connectivity index (χ2v) is 3.96. The lowest BCUT2D eigenvalue weighted by Crippen LogP contribution is -2.48. The van der Waals surface area contributed by atoms with E-state index in [0.29, 0.717) is 0 Å². The lowest BCUT2D eigenvalue weighted by Gasteiger charge is -2.19. The van der Waals surface area contributed by atoms with Crippen molar-refractivity contribution >= 4 is 23.9 Å².